The maximum atomic E-state index is 12.6. The van der Waals surface area contributed by atoms with E-state index in [1.54, 1.807) is 36.4 Å². The first kappa shape index (κ1) is 19.2. The van der Waals surface area contributed by atoms with E-state index in [9.17, 15) is 22.8 Å². The highest BCUT2D eigenvalue weighted by Crippen LogP contribution is 2.31. The van der Waals surface area contributed by atoms with Gasteiger partial charge in [0.2, 0.25) is 0 Å². The average Bonchev–Trinajstić information content (AvgIpc) is 2.62. The number of ketones is 1. The lowest BCUT2D eigenvalue weighted by Gasteiger charge is -2.15. The first-order chi connectivity index (χ1) is 13.3. The van der Waals surface area contributed by atoms with Gasteiger partial charge < -0.3 is 14.8 Å². The molecule has 1 aliphatic carbocycles. The van der Waals surface area contributed by atoms with Crippen LogP contribution in [0.5, 0.6) is 17.2 Å². The van der Waals surface area contributed by atoms with Crippen molar-refractivity contribution in [3.05, 3.63) is 78.0 Å². The van der Waals surface area contributed by atoms with Gasteiger partial charge in [-0.15, -0.1) is 13.2 Å². The van der Waals surface area contributed by atoms with Gasteiger partial charge in [-0.25, -0.2) is 0 Å². The Balaban J connectivity index is 1.92. The number of rotatable bonds is 5. The highest BCUT2D eigenvalue weighted by molar-refractivity contribution is 6.00. The van der Waals surface area contributed by atoms with Crippen molar-refractivity contribution in [3.8, 4) is 17.2 Å². The molecular weight excluding hydrogens is 375 g/mol. The molecule has 0 spiro atoms. The Morgan fingerprint density at radius 1 is 1.04 bits per heavy atom. The molecule has 0 radical (unpaired) electrons. The molecule has 1 aliphatic rings. The lowest BCUT2D eigenvalue weighted by Crippen LogP contribution is -2.24. The van der Waals surface area contributed by atoms with E-state index in [2.05, 4.69) is 10.1 Å². The minimum atomic E-state index is -4.91. The minimum Gasteiger partial charge on any atom is -0.457 e. The summed E-state index contributed by atoms with van der Waals surface area (Å²) in [7, 11) is 0. The fraction of sp³-hybridized carbons (Fsp3) is 0.100. The van der Waals surface area contributed by atoms with Gasteiger partial charge in [0.1, 0.15) is 17.2 Å². The molecule has 0 saturated carbocycles. The van der Waals surface area contributed by atoms with Crippen molar-refractivity contribution < 1.29 is 32.2 Å². The van der Waals surface area contributed by atoms with E-state index in [-0.39, 0.29) is 29.2 Å². The van der Waals surface area contributed by atoms with Crippen molar-refractivity contribution in [2.45, 2.75) is 12.8 Å². The summed E-state index contributed by atoms with van der Waals surface area (Å²) in [4.78, 5) is 24.1. The summed E-state index contributed by atoms with van der Waals surface area (Å²) in [6.45, 7) is 0. The maximum Gasteiger partial charge on any atom is 0.573 e. The van der Waals surface area contributed by atoms with Gasteiger partial charge in [0.05, 0.1) is 5.56 Å². The molecule has 0 aromatic heterocycles. The van der Waals surface area contributed by atoms with Gasteiger partial charge in [-0.3, -0.25) is 9.59 Å². The smallest absolute Gasteiger partial charge is 0.457 e. The lowest BCUT2D eigenvalue weighted by atomic mass is 10.1. The van der Waals surface area contributed by atoms with Crippen molar-refractivity contribution in [2.75, 3.05) is 0 Å². The maximum absolute atomic E-state index is 12.6. The van der Waals surface area contributed by atoms with Crippen LogP contribution in [0, 0.1) is 0 Å². The number of para-hydroxylation sites is 1. The summed E-state index contributed by atoms with van der Waals surface area (Å²) in [5.41, 5.74) is 0.0481. The second kappa shape index (κ2) is 7.99. The zero-order valence-electron chi connectivity index (χ0n) is 14.3. The minimum absolute atomic E-state index is 0.0324. The summed E-state index contributed by atoms with van der Waals surface area (Å²) in [6.07, 6.45) is -0.339. The number of carbonyl (C=O) groups excluding carboxylic acids is 2. The Kier molecular flexibility index (Phi) is 5.49. The summed E-state index contributed by atoms with van der Waals surface area (Å²) in [6, 6.07) is 11.6. The summed E-state index contributed by atoms with van der Waals surface area (Å²) >= 11 is 0. The third-order valence-electron chi connectivity index (χ3n) is 3.59. The third kappa shape index (κ3) is 5.23. The monoisotopic (exact) mass is 389 g/mol. The van der Waals surface area contributed by atoms with Crippen LogP contribution in [0.4, 0.5) is 13.2 Å². The van der Waals surface area contributed by atoms with Crippen LogP contribution in [0.25, 0.3) is 0 Å². The molecule has 8 heteroatoms. The molecular formula is C20H14F3NO4. The zero-order chi connectivity index (χ0) is 20.1. The fourth-order valence-electron chi connectivity index (χ4n) is 2.45. The van der Waals surface area contributed by atoms with Crippen molar-refractivity contribution in [3.63, 3.8) is 0 Å². The summed E-state index contributed by atoms with van der Waals surface area (Å²) in [5.74, 6) is -1.09. The Bertz CT molecular complexity index is 950. The first-order valence-electron chi connectivity index (χ1n) is 8.15. The largest absolute Gasteiger partial charge is 0.573 e. The van der Waals surface area contributed by atoms with E-state index in [4.69, 9.17) is 4.74 Å². The Morgan fingerprint density at radius 2 is 1.79 bits per heavy atom. The number of halogens is 3. The van der Waals surface area contributed by atoms with Crippen LogP contribution in [0.15, 0.2) is 72.5 Å². The SMILES string of the molecule is O=C1C=C(NC(=O)c2cc(OC(F)(F)F)ccc2Oc2ccccc2)C=CC1. The van der Waals surface area contributed by atoms with Gasteiger partial charge in [0, 0.05) is 18.2 Å². The molecule has 0 aliphatic heterocycles. The van der Waals surface area contributed by atoms with Gasteiger partial charge in [-0.2, -0.15) is 0 Å². The number of hydrogen-bond donors (Lipinski definition) is 1. The number of ether oxygens (including phenoxy) is 2. The molecule has 0 heterocycles. The molecule has 0 unspecified atom stereocenters. The van der Waals surface area contributed by atoms with E-state index >= 15 is 0 Å². The third-order valence-corrected chi connectivity index (χ3v) is 3.59. The second-order valence-electron chi connectivity index (χ2n) is 5.75. The van der Waals surface area contributed by atoms with Crippen LogP contribution in [-0.4, -0.2) is 18.1 Å². The molecule has 5 nitrogen and oxygen atoms in total. The van der Waals surface area contributed by atoms with Crippen LogP contribution in [-0.2, 0) is 4.79 Å². The Hall–Kier alpha value is -3.55. The highest BCUT2D eigenvalue weighted by Gasteiger charge is 2.31. The predicted octanol–water partition coefficient (Wildman–Crippen LogP) is 4.52. The summed E-state index contributed by atoms with van der Waals surface area (Å²) < 4.78 is 47.1. The molecule has 0 saturated heterocycles. The molecule has 144 valence electrons. The number of benzene rings is 2. The Labute approximate surface area is 158 Å². The quantitative estimate of drug-likeness (QED) is 0.817. The molecule has 0 bridgehead atoms. The van der Waals surface area contributed by atoms with Crippen LogP contribution < -0.4 is 14.8 Å². The van der Waals surface area contributed by atoms with Crippen molar-refractivity contribution in [2.24, 2.45) is 0 Å². The van der Waals surface area contributed by atoms with Crippen molar-refractivity contribution >= 4 is 11.7 Å². The van der Waals surface area contributed by atoms with Crippen LogP contribution in [0.2, 0.25) is 0 Å². The van der Waals surface area contributed by atoms with E-state index in [1.807, 2.05) is 0 Å². The van der Waals surface area contributed by atoms with Crippen molar-refractivity contribution in [1.82, 2.24) is 5.32 Å². The number of alkyl halides is 3. The molecule has 2 aromatic carbocycles. The van der Waals surface area contributed by atoms with Crippen LogP contribution in [0.3, 0.4) is 0 Å². The summed E-state index contributed by atoms with van der Waals surface area (Å²) in [5, 5.41) is 2.48. The second-order valence-corrected chi connectivity index (χ2v) is 5.75. The van der Waals surface area contributed by atoms with E-state index in [0.717, 1.165) is 12.1 Å². The Morgan fingerprint density at radius 3 is 2.46 bits per heavy atom. The van der Waals surface area contributed by atoms with E-state index in [1.165, 1.54) is 18.2 Å². The molecule has 1 N–H and O–H groups in total. The molecule has 3 rings (SSSR count). The number of hydrogen-bond acceptors (Lipinski definition) is 4. The van der Waals surface area contributed by atoms with E-state index < -0.39 is 18.0 Å². The van der Waals surface area contributed by atoms with Crippen LogP contribution >= 0.6 is 0 Å². The predicted molar refractivity (Wildman–Crippen MR) is 94.0 cm³/mol. The first-order valence-corrected chi connectivity index (χ1v) is 8.15. The molecule has 0 atom stereocenters. The van der Waals surface area contributed by atoms with Crippen molar-refractivity contribution in [1.29, 1.82) is 0 Å². The van der Waals surface area contributed by atoms with E-state index in [0.29, 0.717) is 5.75 Å². The highest BCUT2D eigenvalue weighted by atomic mass is 19.4. The van der Waals surface area contributed by atoms with Gasteiger partial charge in [0.25, 0.3) is 5.91 Å². The number of allylic oxidation sites excluding steroid dienone is 3. The van der Waals surface area contributed by atoms with Crippen LogP contribution in [0.1, 0.15) is 16.8 Å². The normalized spacial score (nSPS) is 13.7. The number of carbonyl (C=O) groups is 2. The number of amides is 1. The fourth-order valence-corrected chi connectivity index (χ4v) is 2.45. The topological polar surface area (TPSA) is 64.6 Å². The molecule has 1 amide bonds. The standard InChI is InChI=1S/C20H14F3NO4/c21-20(22,23)28-16-9-10-18(27-15-7-2-1-3-8-15)17(12-16)19(26)24-13-5-4-6-14(25)11-13/h1-5,7-12H,6H2,(H,24,26). The number of nitrogens with one attached hydrogen (secondary N) is 1. The zero-order valence-corrected chi connectivity index (χ0v) is 14.3. The van der Waals surface area contributed by atoms with Gasteiger partial charge >= 0.3 is 6.36 Å². The van der Waals surface area contributed by atoms with Gasteiger partial charge in [0.15, 0.2) is 5.78 Å². The van der Waals surface area contributed by atoms with Gasteiger partial charge in [-0.05, 0) is 36.4 Å². The average molecular weight is 389 g/mol. The molecule has 2 aromatic rings. The molecule has 0 fully saturated rings. The molecule has 28 heavy (non-hydrogen) atoms. The van der Waals surface area contributed by atoms with Gasteiger partial charge in [-0.1, -0.05) is 24.3 Å². The lowest BCUT2D eigenvalue weighted by molar-refractivity contribution is -0.274.